The number of methoxy groups -OCH3 is 1. The highest BCUT2D eigenvalue weighted by atomic mass is 16.5. The van der Waals surface area contributed by atoms with Crippen molar-refractivity contribution in [3.8, 4) is 17.1 Å². The third-order valence-corrected chi connectivity index (χ3v) is 5.93. The number of hydrogen-bond acceptors (Lipinski definition) is 6. The third kappa shape index (κ3) is 5.45. The summed E-state index contributed by atoms with van der Waals surface area (Å²) in [6, 6.07) is 21.0. The minimum atomic E-state index is -0.155. The normalized spacial score (nSPS) is 13.7. The van der Waals surface area contributed by atoms with E-state index in [2.05, 4.69) is 20.2 Å². The van der Waals surface area contributed by atoms with Gasteiger partial charge >= 0.3 is 0 Å². The molecule has 4 aromatic rings. The number of aromatic amines is 1. The lowest BCUT2D eigenvalue weighted by molar-refractivity contribution is 0.102. The Morgan fingerprint density at radius 3 is 2.54 bits per heavy atom. The summed E-state index contributed by atoms with van der Waals surface area (Å²) in [5, 5.41) is 2.97. The Kier molecular flexibility index (Phi) is 6.92. The second-order valence-electron chi connectivity index (χ2n) is 8.28. The maximum Gasteiger partial charge on any atom is 0.255 e. The summed E-state index contributed by atoms with van der Waals surface area (Å²) in [7, 11) is 1.65. The highest BCUT2D eigenvalue weighted by molar-refractivity contribution is 6.04. The Balaban J connectivity index is 1.23. The van der Waals surface area contributed by atoms with Crippen molar-refractivity contribution in [2.24, 2.45) is 0 Å². The number of fused-ring (bicyclic) bond motifs is 1. The number of benzene rings is 3. The number of morpholine rings is 1. The number of H-pyrrole nitrogens is 1. The van der Waals surface area contributed by atoms with Gasteiger partial charge in [-0.15, -0.1) is 0 Å². The van der Waals surface area contributed by atoms with Crippen molar-refractivity contribution in [2.75, 3.05) is 56.8 Å². The number of ether oxygens (including phenoxy) is 3. The fraction of sp³-hybridized carbons (Fsp3) is 0.259. The van der Waals surface area contributed by atoms with E-state index < -0.39 is 0 Å². The first kappa shape index (κ1) is 22.9. The molecule has 0 spiro atoms. The van der Waals surface area contributed by atoms with Gasteiger partial charge in [-0.1, -0.05) is 12.1 Å². The first-order valence-corrected chi connectivity index (χ1v) is 11.7. The fourth-order valence-electron chi connectivity index (χ4n) is 4.02. The van der Waals surface area contributed by atoms with Crippen LogP contribution in [0.3, 0.4) is 0 Å². The van der Waals surface area contributed by atoms with Gasteiger partial charge in [-0.2, -0.15) is 0 Å². The molecule has 5 rings (SSSR count). The smallest absolute Gasteiger partial charge is 0.255 e. The summed E-state index contributed by atoms with van der Waals surface area (Å²) in [6.07, 6.45) is 0. The number of hydrogen-bond donors (Lipinski definition) is 2. The second kappa shape index (κ2) is 10.6. The molecule has 0 saturated carbocycles. The Morgan fingerprint density at radius 2 is 1.80 bits per heavy atom. The molecule has 1 aliphatic heterocycles. The van der Waals surface area contributed by atoms with Gasteiger partial charge in [0.25, 0.3) is 5.91 Å². The first-order chi connectivity index (χ1) is 17.2. The molecular formula is C27H28N4O4. The van der Waals surface area contributed by atoms with Crippen molar-refractivity contribution < 1.29 is 19.0 Å². The van der Waals surface area contributed by atoms with Gasteiger partial charge in [-0.05, 0) is 48.5 Å². The van der Waals surface area contributed by atoms with Gasteiger partial charge in [0.15, 0.2) is 0 Å². The van der Waals surface area contributed by atoms with Crippen LogP contribution in [0.4, 0.5) is 11.4 Å². The molecule has 1 saturated heterocycles. The molecule has 180 valence electrons. The first-order valence-electron chi connectivity index (χ1n) is 11.7. The summed E-state index contributed by atoms with van der Waals surface area (Å²) in [6.45, 7) is 4.27. The average molecular weight is 473 g/mol. The maximum absolute atomic E-state index is 12.8. The van der Waals surface area contributed by atoms with Crippen molar-refractivity contribution >= 4 is 28.3 Å². The molecule has 0 aliphatic carbocycles. The molecule has 1 amide bonds. The lowest BCUT2D eigenvalue weighted by Crippen LogP contribution is -2.36. The number of carbonyl (C=O) groups is 1. The van der Waals surface area contributed by atoms with Crippen molar-refractivity contribution in [2.45, 2.75) is 0 Å². The van der Waals surface area contributed by atoms with Crippen molar-refractivity contribution in [1.29, 1.82) is 0 Å². The van der Waals surface area contributed by atoms with Crippen LogP contribution in [0.2, 0.25) is 0 Å². The van der Waals surface area contributed by atoms with Crippen LogP contribution in [0.5, 0.6) is 5.75 Å². The zero-order chi connectivity index (χ0) is 24.0. The molecule has 0 radical (unpaired) electrons. The number of anilines is 2. The minimum Gasteiger partial charge on any atom is -0.491 e. The van der Waals surface area contributed by atoms with Crippen LogP contribution in [0.15, 0.2) is 66.7 Å². The third-order valence-electron chi connectivity index (χ3n) is 5.93. The number of amides is 1. The van der Waals surface area contributed by atoms with Gasteiger partial charge in [0.1, 0.15) is 18.2 Å². The van der Waals surface area contributed by atoms with Crippen molar-refractivity contribution in [3.05, 3.63) is 72.3 Å². The topological polar surface area (TPSA) is 88.7 Å². The van der Waals surface area contributed by atoms with E-state index in [1.54, 1.807) is 19.2 Å². The van der Waals surface area contributed by atoms with Gasteiger partial charge in [0.2, 0.25) is 0 Å². The molecule has 1 fully saturated rings. The Morgan fingerprint density at radius 1 is 1.03 bits per heavy atom. The number of nitrogens with zero attached hydrogens (tertiary/aromatic N) is 2. The van der Waals surface area contributed by atoms with Gasteiger partial charge < -0.3 is 29.4 Å². The molecule has 2 N–H and O–H groups in total. The van der Waals surface area contributed by atoms with Crippen molar-refractivity contribution in [3.63, 3.8) is 0 Å². The molecule has 1 aromatic heterocycles. The molecule has 8 heteroatoms. The monoisotopic (exact) mass is 472 g/mol. The van der Waals surface area contributed by atoms with Crippen LogP contribution in [0, 0.1) is 0 Å². The molecule has 0 unspecified atom stereocenters. The lowest BCUT2D eigenvalue weighted by Gasteiger charge is -2.28. The molecule has 0 bridgehead atoms. The van der Waals surface area contributed by atoms with E-state index in [4.69, 9.17) is 14.2 Å². The van der Waals surface area contributed by atoms with Crippen LogP contribution in [-0.2, 0) is 9.47 Å². The Bertz CT molecular complexity index is 1280. The molecular weight excluding hydrogens is 444 g/mol. The van der Waals surface area contributed by atoms with Gasteiger partial charge in [0, 0.05) is 48.8 Å². The summed E-state index contributed by atoms with van der Waals surface area (Å²) < 4.78 is 16.1. The highest BCUT2D eigenvalue weighted by Crippen LogP contribution is 2.25. The van der Waals surface area contributed by atoms with Crippen LogP contribution >= 0.6 is 0 Å². The SMILES string of the molecule is COCCOc1ccc2nc(-c3ccc(C(=O)Nc4ccc(N5CCOCC5)cc4)cc3)[nH]c2c1. The standard InChI is InChI=1S/C27H28N4O4/c1-33-16-17-35-23-10-11-24-25(18-23)30-26(29-24)19-2-4-20(5-3-19)27(32)28-21-6-8-22(9-7-21)31-12-14-34-15-13-31/h2-11,18H,12-17H2,1H3,(H,28,32)(H,29,30). The second-order valence-corrected chi connectivity index (χ2v) is 8.28. The van der Waals surface area contributed by atoms with Gasteiger partial charge in [0.05, 0.1) is 30.9 Å². The van der Waals surface area contributed by atoms with E-state index in [9.17, 15) is 4.79 Å². The summed E-state index contributed by atoms with van der Waals surface area (Å²) in [4.78, 5) is 23.0. The van der Waals surface area contributed by atoms with Crippen molar-refractivity contribution in [1.82, 2.24) is 9.97 Å². The molecule has 8 nitrogen and oxygen atoms in total. The zero-order valence-electron chi connectivity index (χ0n) is 19.6. The zero-order valence-corrected chi connectivity index (χ0v) is 19.6. The quantitative estimate of drug-likeness (QED) is 0.371. The Labute approximate surface area is 203 Å². The predicted molar refractivity (Wildman–Crippen MR) is 136 cm³/mol. The van der Waals surface area contributed by atoms with Gasteiger partial charge in [-0.3, -0.25) is 4.79 Å². The fourth-order valence-corrected chi connectivity index (χ4v) is 4.02. The summed E-state index contributed by atoms with van der Waals surface area (Å²) in [5.74, 6) is 1.34. The Hall–Kier alpha value is -3.88. The van der Waals surface area contributed by atoms with Crippen LogP contribution in [0.25, 0.3) is 22.4 Å². The van der Waals surface area contributed by atoms with E-state index in [0.717, 1.165) is 65.8 Å². The highest BCUT2D eigenvalue weighted by Gasteiger charge is 2.12. The number of imidazole rings is 1. The number of carbonyl (C=O) groups excluding carboxylic acids is 1. The van der Waals surface area contributed by atoms with E-state index >= 15 is 0 Å². The molecule has 35 heavy (non-hydrogen) atoms. The summed E-state index contributed by atoms with van der Waals surface area (Å²) >= 11 is 0. The predicted octanol–water partition coefficient (Wildman–Crippen LogP) is 4.34. The lowest BCUT2D eigenvalue weighted by atomic mass is 10.1. The molecule has 3 aromatic carbocycles. The molecule has 1 aliphatic rings. The number of aromatic nitrogens is 2. The van der Waals surface area contributed by atoms with Crippen LogP contribution in [0.1, 0.15) is 10.4 Å². The van der Waals surface area contributed by atoms with E-state index in [1.807, 2.05) is 54.6 Å². The van der Waals surface area contributed by atoms with E-state index in [-0.39, 0.29) is 5.91 Å². The van der Waals surface area contributed by atoms with Crippen LogP contribution < -0.4 is 15.0 Å². The maximum atomic E-state index is 12.8. The molecule has 0 atom stereocenters. The van der Waals surface area contributed by atoms with E-state index in [1.165, 1.54) is 0 Å². The number of rotatable bonds is 8. The average Bonchev–Trinajstić information content (AvgIpc) is 3.33. The largest absolute Gasteiger partial charge is 0.491 e. The number of nitrogens with one attached hydrogen (secondary N) is 2. The van der Waals surface area contributed by atoms with E-state index in [0.29, 0.717) is 18.8 Å². The summed E-state index contributed by atoms with van der Waals surface area (Å²) in [5.41, 5.74) is 5.11. The van der Waals surface area contributed by atoms with Gasteiger partial charge in [-0.25, -0.2) is 4.98 Å². The van der Waals surface area contributed by atoms with Crippen LogP contribution in [-0.4, -0.2) is 62.5 Å². The minimum absolute atomic E-state index is 0.155. The molecule has 2 heterocycles.